The summed E-state index contributed by atoms with van der Waals surface area (Å²) in [5.74, 6) is 0.965. The van der Waals surface area contributed by atoms with Crippen LogP contribution in [-0.2, 0) is 17.7 Å². The molecule has 1 aromatic heterocycles. The Bertz CT molecular complexity index is 494. The van der Waals surface area contributed by atoms with Gasteiger partial charge < -0.3 is 9.64 Å². The first-order valence-electron chi connectivity index (χ1n) is 7.91. The molecule has 3 rings (SSSR count). The van der Waals surface area contributed by atoms with Crippen molar-refractivity contribution in [1.82, 2.24) is 15.1 Å². The third kappa shape index (κ3) is 3.89. The van der Waals surface area contributed by atoms with Crippen LogP contribution in [0, 0.1) is 0 Å². The minimum Gasteiger partial charge on any atom is -0.374 e. The van der Waals surface area contributed by atoms with E-state index in [-0.39, 0.29) is 0 Å². The third-order valence-corrected chi connectivity index (χ3v) is 4.23. The van der Waals surface area contributed by atoms with Crippen molar-refractivity contribution in [3.05, 3.63) is 17.3 Å². The summed E-state index contributed by atoms with van der Waals surface area (Å²) >= 11 is 0. The van der Waals surface area contributed by atoms with Crippen molar-refractivity contribution >= 4 is 5.82 Å². The van der Waals surface area contributed by atoms with Crippen LogP contribution in [0.15, 0.2) is 6.07 Å². The highest BCUT2D eigenvalue weighted by Crippen LogP contribution is 2.23. The van der Waals surface area contributed by atoms with Crippen LogP contribution in [0.5, 0.6) is 0 Å². The summed E-state index contributed by atoms with van der Waals surface area (Å²) in [5.41, 5.74) is 2.27. The van der Waals surface area contributed by atoms with Gasteiger partial charge >= 0.3 is 0 Å². The summed E-state index contributed by atoms with van der Waals surface area (Å²) < 4.78 is 29.0. The molecule has 22 heavy (non-hydrogen) atoms. The summed E-state index contributed by atoms with van der Waals surface area (Å²) in [5, 5.41) is 8.71. The van der Waals surface area contributed by atoms with Crippen LogP contribution in [0.2, 0.25) is 0 Å². The average Bonchev–Trinajstić information content (AvgIpc) is 3.05. The van der Waals surface area contributed by atoms with Crippen LogP contribution in [0.4, 0.5) is 14.6 Å². The van der Waals surface area contributed by atoms with Crippen LogP contribution in [0.3, 0.4) is 0 Å². The second-order valence-electron chi connectivity index (χ2n) is 5.86. The Hall–Kier alpha value is -1.34. The van der Waals surface area contributed by atoms with Gasteiger partial charge in [-0.2, -0.15) is 5.10 Å². The molecule has 0 bridgehead atoms. The molecule has 0 amide bonds. The van der Waals surface area contributed by atoms with Gasteiger partial charge in [-0.25, -0.2) is 8.78 Å². The molecule has 3 heterocycles. The second kappa shape index (κ2) is 7.28. The lowest BCUT2D eigenvalue weighted by atomic mass is 10.1. The second-order valence-corrected chi connectivity index (χ2v) is 5.86. The first-order chi connectivity index (χ1) is 10.7. The van der Waals surface area contributed by atoms with Gasteiger partial charge in [-0.05, 0) is 24.5 Å². The molecule has 0 aliphatic carbocycles. The molecule has 0 unspecified atom stereocenters. The zero-order chi connectivity index (χ0) is 15.4. The van der Waals surface area contributed by atoms with Crippen LogP contribution >= 0.6 is 0 Å². The Morgan fingerprint density at radius 3 is 2.77 bits per heavy atom. The predicted molar refractivity (Wildman–Crippen MR) is 79.3 cm³/mol. The number of aromatic nitrogens is 2. The molecule has 1 fully saturated rings. The van der Waals surface area contributed by atoms with Gasteiger partial charge in [-0.15, -0.1) is 5.10 Å². The number of halogens is 2. The van der Waals surface area contributed by atoms with E-state index in [9.17, 15) is 8.78 Å². The van der Waals surface area contributed by atoms with E-state index in [4.69, 9.17) is 4.74 Å². The fourth-order valence-corrected chi connectivity index (χ4v) is 3.03. The van der Waals surface area contributed by atoms with Crippen molar-refractivity contribution in [2.24, 2.45) is 0 Å². The summed E-state index contributed by atoms with van der Waals surface area (Å²) in [6, 6.07) is 2.14. The number of fused-ring (bicyclic) bond motifs is 1. The van der Waals surface area contributed by atoms with Gasteiger partial charge in [0, 0.05) is 39.1 Å². The minimum atomic E-state index is -2.39. The van der Waals surface area contributed by atoms with E-state index < -0.39 is 13.0 Å². The summed E-state index contributed by atoms with van der Waals surface area (Å²) in [4.78, 5) is 4.50. The van der Waals surface area contributed by atoms with Gasteiger partial charge in [0.15, 0.2) is 5.82 Å². The van der Waals surface area contributed by atoms with Crippen molar-refractivity contribution < 1.29 is 13.5 Å². The number of rotatable bonds is 6. The van der Waals surface area contributed by atoms with Crippen LogP contribution in [0.1, 0.15) is 24.1 Å². The van der Waals surface area contributed by atoms with E-state index in [0.29, 0.717) is 13.2 Å². The number of hydrogen-bond acceptors (Lipinski definition) is 5. The van der Waals surface area contributed by atoms with E-state index >= 15 is 0 Å². The number of alkyl halides is 2. The number of nitrogens with zero attached hydrogens (tertiary/aromatic N) is 4. The Balaban J connectivity index is 1.55. The number of ether oxygens (including phenoxy) is 1. The van der Waals surface area contributed by atoms with Gasteiger partial charge in [-0.3, -0.25) is 4.90 Å². The number of anilines is 1. The van der Waals surface area contributed by atoms with Crippen molar-refractivity contribution in [2.75, 3.05) is 44.3 Å². The molecule has 0 N–H and O–H groups in total. The van der Waals surface area contributed by atoms with Crippen LogP contribution in [-0.4, -0.2) is 60.9 Å². The van der Waals surface area contributed by atoms with Crippen LogP contribution < -0.4 is 4.90 Å². The van der Waals surface area contributed by atoms with E-state index in [2.05, 4.69) is 26.1 Å². The van der Waals surface area contributed by atoms with Gasteiger partial charge in [0.25, 0.3) is 6.43 Å². The Kier molecular flexibility index (Phi) is 5.15. The van der Waals surface area contributed by atoms with E-state index in [1.807, 2.05) is 0 Å². The van der Waals surface area contributed by atoms with Crippen molar-refractivity contribution in [3.63, 3.8) is 0 Å². The molecule has 0 aromatic carbocycles. The summed E-state index contributed by atoms with van der Waals surface area (Å²) in [6.45, 7) is 4.32. The highest BCUT2D eigenvalue weighted by molar-refractivity contribution is 5.42. The molecule has 5 nitrogen and oxygen atoms in total. The molecule has 2 aliphatic rings. The molecule has 1 saturated heterocycles. The zero-order valence-corrected chi connectivity index (χ0v) is 12.7. The SMILES string of the molecule is FC(F)COCCN1CCc2nnc(N3CCCC3)cc2C1. The molecule has 0 atom stereocenters. The first kappa shape index (κ1) is 15.6. The van der Waals surface area contributed by atoms with Gasteiger partial charge in [0.05, 0.1) is 12.3 Å². The van der Waals surface area contributed by atoms with E-state index in [0.717, 1.165) is 44.1 Å². The molecule has 122 valence electrons. The summed E-state index contributed by atoms with van der Waals surface area (Å²) in [7, 11) is 0. The average molecular weight is 312 g/mol. The summed E-state index contributed by atoms with van der Waals surface area (Å²) in [6.07, 6.45) is 0.899. The smallest absolute Gasteiger partial charge is 0.261 e. The lowest BCUT2D eigenvalue weighted by molar-refractivity contribution is 0.00861. The Labute approximate surface area is 129 Å². The zero-order valence-electron chi connectivity index (χ0n) is 12.7. The van der Waals surface area contributed by atoms with Crippen molar-refractivity contribution in [3.8, 4) is 0 Å². The number of hydrogen-bond donors (Lipinski definition) is 0. The molecule has 0 saturated carbocycles. The normalized spacial score (nSPS) is 19.0. The molecular weight excluding hydrogens is 290 g/mol. The quantitative estimate of drug-likeness (QED) is 0.748. The molecule has 0 spiro atoms. The fraction of sp³-hybridized carbons (Fsp3) is 0.733. The van der Waals surface area contributed by atoms with Crippen LogP contribution in [0.25, 0.3) is 0 Å². The minimum absolute atomic E-state index is 0.344. The maximum absolute atomic E-state index is 12.0. The molecule has 0 radical (unpaired) electrons. The first-order valence-corrected chi connectivity index (χ1v) is 7.91. The maximum Gasteiger partial charge on any atom is 0.261 e. The highest BCUT2D eigenvalue weighted by Gasteiger charge is 2.21. The molecule has 1 aromatic rings. The topological polar surface area (TPSA) is 41.5 Å². The molecular formula is C15H22F2N4O. The molecule has 7 heteroatoms. The van der Waals surface area contributed by atoms with Gasteiger partial charge in [-0.1, -0.05) is 0 Å². The maximum atomic E-state index is 12.0. The van der Waals surface area contributed by atoms with Gasteiger partial charge in [0.2, 0.25) is 0 Å². The fourth-order valence-electron chi connectivity index (χ4n) is 3.03. The van der Waals surface area contributed by atoms with E-state index in [1.165, 1.54) is 18.4 Å². The molecule has 2 aliphatic heterocycles. The lowest BCUT2D eigenvalue weighted by Crippen LogP contribution is -2.34. The third-order valence-electron chi connectivity index (χ3n) is 4.23. The monoisotopic (exact) mass is 312 g/mol. The highest BCUT2D eigenvalue weighted by atomic mass is 19.3. The lowest BCUT2D eigenvalue weighted by Gasteiger charge is -2.28. The Morgan fingerprint density at radius 1 is 1.18 bits per heavy atom. The van der Waals surface area contributed by atoms with Crippen molar-refractivity contribution in [2.45, 2.75) is 32.2 Å². The predicted octanol–water partition coefficient (Wildman–Crippen LogP) is 1.72. The van der Waals surface area contributed by atoms with E-state index in [1.54, 1.807) is 0 Å². The van der Waals surface area contributed by atoms with Gasteiger partial charge in [0.1, 0.15) is 6.61 Å². The Morgan fingerprint density at radius 2 is 2.00 bits per heavy atom. The largest absolute Gasteiger partial charge is 0.374 e. The standard InChI is InChI=1S/C15H22F2N4O/c16-14(17)11-22-8-7-20-6-3-13-12(10-20)9-15(19-18-13)21-4-1-2-5-21/h9,14H,1-8,10-11H2. The van der Waals surface area contributed by atoms with Crippen molar-refractivity contribution in [1.29, 1.82) is 0 Å².